The van der Waals surface area contributed by atoms with Crippen LogP contribution in [-0.2, 0) is 33.1 Å². The Balaban J connectivity index is 2.15. The third-order valence-corrected chi connectivity index (χ3v) is 11.4. The lowest BCUT2D eigenvalue weighted by Gasteiger charge is -2.17. The van der Waals surface area contributed by atoms with E-state index in [1.807, 2.05) is 51.2 Å². The lowest BCUT2D eigenvalue weighted by atomic mass is 10.0. The minimum atomic E-state index is -4.40. The molecule has 0 unspecified atom stereocenters. The number of hydrogen-bond donors (Lipinski definition) is 1. The predicted molar refractivity (Wildman–Crippen MR) is 130 cm³/mol. The fourth-order valence-corrected chi connectivity index (χ4v) is 8.77. The Morgan fingerprint density at radius 3 is 2.07 bits per heavy atom. The minimum absolute atomic E-state index is 0.0989. The molecule has 1 aliphatic carbocycles. The summed E-state index contributed by atoms with van der Waals surface area (Å²) in [6.07, 6.45) is 3.37. The topological polar surface area (TPSA) is 97.7 Å². The lowest BCUT2D eigenvalue weighted by molar-refractivity contribution is 0.478. The maximum absolute atomic E-state index is 13.0. The smallest absolute Gasteiger partial charge is 0.341 e. The van der Waals surface area contributed by atoms with Crippen molar-refractivity contribution in [2.75, 3.05) is 0 Å². The van der Waals surface area contributed by atoms with Crippen LogP contribution in [0.1, 0.15) is 30.4 Å². The molecule has 2 aromatic carbocycles. The Labute approximate surface area is 205 Å². The van der Waals surface area contributed by atoms with Crippen molar-refractivity contribution < 1.29 is 25.6 Å². The van der Waals surface area contributed by atoms with Gasteiger partial charge in [-0.1, -0.05) is 6.42 Å². The average molecular weight is 760 g/mol. The van der Waals surface area contributed by atoms with Gasteiger partial charge in [-0.05, 0) is 123 Å². The van der Waals surface area contributed by atoms with Crippen molar-refractivity contribution in [3.8, 4) is 5.75 Å². The molecule has 1 aliphatic rings. The third-order valence-electron chi connectivity index (χ3n) is 4.43. The average Bonchev–Trinajstić information content (AvgIpc) is 2.83. The first-order valence-corrected chi connectivity index (χ1v) is 14.3. The highest BCUT2D eigenvalue weighted by Crippen LogP contribution is 2.36. The second kappa shape index (κ2) is 8.80. The van der Waals surface area contributed by atoms with Crippen molar-refractivity contribution in [1.29, 1.82) is 0 Å². The van der Waals surface area contributed by atoms with Crippen molar-refractivity contribution in [2.24, 2.45) is 0 Å². The van der Waals surface area contributed by atoms with Crippen LogP contribution in [0, 0.1) is 10.7 Å². The molecule has 0 aliphatic heterocycles. The van der Waals surface area contributed by atoms with Gasteiger partial charge in [0.1, 0.15) is 10.6 Å². The van der Waals surface area contributed by atoms with Crippen LogP contribution < -0.4 is 4.18 Å². The first-order chi connectivity index (χ1) is 13.0. The molecule has 0 heterocycles. The van der Waals surface area contributed by atoms with E-state index in [1.165, 1.54) is 12.1 Å². The summed E-state index contributed by atoms with van der Waals surface area (Å²) in [6.45, 7) is 0. The largest absolute Gasteiger partial charge is 0.379 e. The van der Waals surface area contributed by atoms with Gasteiger partial charge in [0.25, 0.3) is 10.1 Å². The number of rotatable bonds is 4. The van der Waals surface area contributed by atoms with Gasteiger partial charge >= 0.3 is 10.1 Å². The molecule has 0 saturated carbocycles. The van der Waals surface area contributed by atoms with Gasteiger partial charge in [0.15, 0.2) is 0 Å². The summed E-state index contributed by atoms with van der Waals surface area (Å²) in [6, 6.07) is 6.08. The Morgan fingerprint density at radius 1 is 0.821 bits per heavy atom. The van der Waals surface area contributed by atoms with Gasteiger partial charge in [-0.3, -0.25) is 4.55 Å². The third kappa shape index (κ3) is 4.78. The number of benzene rings is 2. The van der Waals surface area contributed by atoms with E-state index in [2.05, 4.69) is 22.6 Å². The van der Waals surface area contributed by atoms with Crippen LogP contribution in [0.3, 0.4) is 0 Å². The van der Waals surface area contributed by atoms with Crippen LogP contribution >= 0.6 is 67.8 Å². The van der Waals surface area contributed by atoms with Crippen LogP contribution in [0.15, 0.2) is 34.1 Å². The van der Waals surface area contributed by atoms with E-state index in [-0.39, 0.29) is 15.5 Å². The molecule has 28 heavy (non-hydrogen) atoms. The summed E-state index contributed by atoms with van der Waals surface area (Å²) in [7, 11) is -8.52. The predicted octanol–water partition coefficient (Wildman–Crippen LogP) is 4.78. The molecule has 11 heteroatoms. The molecular formula is C17H15I3O6S2. The maximum Gasteiger partial charge on any atom is 0.341 e. The SMILES string of the molecule is O=S(=O)(O)c1ccc(OS(=O)(=O)c2c(I)ccc(I)c2I)c2c1CCCCC2. The molecule has 0 radical (unpaired) electrons. The quantitative estimate of drug-likeness (QED) is 0.159. The summed E-state index contributed by atoms with van der Waals surface area (Å²) >= 11 is 6.00. The zero-order valence-electron chi connectivity index (χ0n) is 14.3. The zero-order valence-corrected chi connectivity index (χ0v) is 22.4. The summed E-state index contributed by atoms with van der Waals surface area (Å²) in [5.41, 5.74) is 0.978. The summed E-state index contributed by atoms with van der Waals surface area (Å²) in [5.74, 6) is 0.120. The van der Waals surface area contributed by atoms with Crippen LogP contribution in [0.2, 0.25) is 0 Å². The molecular weight excluding hydrogens is 745 g/mol. The first kappa shape index (κ1) is 23.0. The summed E-state index contributed by atoms with van der Waals surface area (Å²) in [4.78, 5) is -0.0746. The van der Waals surface area contributed by atoms with Crippen LogP contribution in [0.25, 0.3) is 0 Å². The van der Waals surface area contributed by atoms with Crippen molar-refractivity contribution in [3.63, 3.8) is 0 Å². The Kier molecular flexibility index (Phi) is 7.22. The second-order valence-electron chi connectivity index (χ2n) is 6.26. The molecule has 0 amide bonds. The Bertz CT molecular complexity index is 1140. The Hall–Kier alpha value is 0.290. The molecule has 0 fully saturated rings. The van der Waals surface area contributed by atoms with E-state index in [1.54, 1.807) is 6.07 Å². The highest BCUT2D eigenvalue weighted by atomic mass is 127. The number of fused-ring (bicyclic) bond motifs is 1. The van der Waals surface area contributed by atoms with E-state index in [0.717, 1.165) is 22.8 Å². The van der Waals surface area contributed by atoms with E-state index in [9.17, 15) is 21.4 Å². The normalized spacial score (nSPS) is 15.0. The minimum Gasteiger partial charge on any atom is -0.379 e. The van der Waals surface area contributed by atoms with Crippen LogP contribution in [-0.4, -0.2) is 21.4 Å². The molecule has 0 aromatic heterocycles. The zero-order chi connectivity index (χ0) is 20.7. The fraction of sp³-hybridized carbons (Fsp3) is 0.294. The summed E-state index contributed by atoms with van der Waals surface area (Å²) in [5, 5.41) is 0. The van der Waals surface area contributed by atoms with Gasteiger partial charge in [0.05, 0.1) is 4.90 Å². The molecule has 2 aromatic rings. The van der Waals surface area contributed by atoms with E-state index >= 15 is 0 Å². The second-order valence-corrected chi connectivity index (χ2v) is 12.5. The highest BCUT2D eigenvalue weighted by molar-refractivity contribution is 14.1. The molecule has 0 spiro atoms. The molecule has 1 N–H and O–H groups in total. The standard InChI is InChI=1S/C17H15I3O6S2/c18-12-6-7-13(19)17(16(12)20)28(24,25)26-14-8-9-15(27(21,22)23)11-5-3-1-2-4-10(11)14/h6-9H,1-5H2,(H,21,22,23). The molecule has 0 saturated heterocycles. The monoisotopic (exact) mass is 760 g/mol. The van der Waals surface area contributed by atoms with Gasteiger partial charge in [-0.15, -0.1) is 0 Å². The lowest BCUT2D eigenvalue weighted by Crippen LogP contribution is -2.16. The van der Waals surface area contributed by atoms with Crippen molar-refractivity contribution >= 4 is 88.0 Å². The van der Waals surface area contributed by atoms with E-state index in [0.29, 0.717) is 31.1 Å². The first-order valence-electron chi connectivity index (χ1n) is 8.22. The Morgan fingerprint density at radius 2 is 1.43 bits per heavy atom. The number of halogens is 3. The van der Waals surface area contributed by atoms with Crippen molar-refractivity contribution in [1.82, 2.24) is 0 Å². The van der Waals surface area contributed by atoms with Gasteiger partial charge in [0, 0.05) is 16.3 Å². The summed E-state index contributed by atoms with van der Waals surface area (Å²) < 4.78 is 66.6. The molecule has 3 rings (SSSR count). The van der Waals surface area contributed by atoms with Crippen molar-refractivity contribution in [2.45, 2.75) is 41.9 Å². The van der Waals surface area contributed by atoms with Gasteiger partial charge in [-0.2, -0.15) is 16.8 Å². The molecule has 0 bridgehead atoms. The van der Waals surface area contributed by atoms with Crippen LogP contribution in [0.5, 0.6) is 5.75 Å². The molecule has 0 atom stereocenters. The highest BCUT2D eigenvalue weighted by Gasteiger charge is 2.29. The van der Waals surface area contributed by atoms with Gasteiger partial charge < -0.3 is 4.18 Å². The van der Waals surface area contributed by atoms with Crippen molar-refractivity contribution in [3.05, 3.63) is 46.1 Å². The van der Waals surface area contributed by atoms with E-state index < -0.39 is 20.2 Å². The maximum atomic E-state index is 13.0. The van der Waals surface area contributed by atoms with E-state index in [4.69, 9.17) is 4.18 Å². The van der Waals surface area contributed by atoms with Gasteiger partial charge in [0.2, 0.25) is 0 Å². The molecule has 6 nitrogen and oxygen atoms in total. The molecule has 152 valence electrons. The fourth-order valence-electron chi connectivity index (χ4n) is 3.20. The number of hydrogen-bond acceptors (Lipinski definition) is 5. The van der Waals surface area contributed by atoms with Gasteiger partial charge in [-0.25, -0.2) is 0 Å². The van der Waals surface area contributed by atoms with Crippen LogP contribution in [0.4, 0.5) is 0 Å².